The molecular formula is C16H17F2N3O4. The molecule has 134 valence electrons. The average Bonchev–Trinajstić information content (AvgIpc) is 3.34. The summed E-state index contributed by atoms with van der Waals surface area (Å²) >= 11 is 0. The molecule has 1 N–H and O–H groups in total. The van der Waals surface area contributed by atoms with E-state index in [-0.39, 0.29) is 12.1 Å². The predicted molar refractivity (Wildman–Crippen MR) is 83.2 cm³/mol. The van der Waals surface area contributed by atoms with Crippen LogP contribution < -0.4 is 5.32 Å². The van der Waals surface area contributed by atoms with Crippen molar-refractivity contribution in [3.63, 3.8) is 0 Å². The van der Waals surface area contributed by atoms with Crippen molar-refractivity contribution in [1.29, 1.82) is 0 Å². The molecule has 1 aliphatic heterocycles. The Morgan fingerprint density at radius 3 is 2.48 bits per heavy atom. The molecule has 1 heterocycles. The zero-order chi connectivity index (χ0) is 18.1. The largest absolute Gasteiger partial charge is 0.330 e. The minimum atomic E-state index is -0.879. The van der Waals surface area contributed by atoms with E-state index in [4.69, 9.17) is 0 Å². The molecule has 0 aromatic heterocycles. The van der Waals surface area contributed by atoms with Gasteiger partial charge in [-0.3, -0.25) is 19.7 Å². The number of nitrogens with zero attached hydrogens (tertiary/aromatic N) is 2. The molecule has 9 heteroatoms. The number of carbonyl (C=O) groups excluding carboxylic acids is 2. The summed E-state index contributed by atoms with van der Waals surface area (Å²) in [6, 6.07) is 0.993. The van der Waals surface area contributed by atoms with Crippen LogP contribution in [-0.4, -0.2) is 40.3 Å². The molecule has 0 spiro atoms. The summed E-state index contributed by atoms with van der Waals surface area (Å²) < 4.78 is 26.5. The van der Waals surface area contributed by atoms with E-state index in [9.17, 15) is 28.5 Å². The monoisotopic (exact) mass is 353 g/mol. The topological polar surface area (TPSA) is 92.6 Å². The first-order valence-electron chi connectivity index (χ1n) is 8.08. The molecule has 25 heavy (non-hydrogen) atoms. The normalized spacial score (nSPS) is 25.4. The molecule has 0 unspecified atom stereocenters. The van der Waals surface area contributed by atoms with E-state index < -0.39 is 46.4 Å². The van der Waals surface area contributed by atoms with Gasteiger partial charge in [0, 0.05) is 29.6 Å². The molecule has 1 aromatic rings. The second-order valence-corrected chi connectivity index (χ2v) is 6.39. The van der Waals surface area contributed by atoms with Gasteiger partial charge >= 0.3 is 0 Å². The third-order valence-corrected chi connectivity index (χ3v) is 4.56. The minimum absolute atomic E-state index is 0.0323. The van der Waals surface area contributed by atoms with Gasteiger partial charge in [-0.2, -0.15) is 0 Å². The number of hydrogen-bond donors (Lipinski definition) is 1. The van der Waals surface area contributed by atoms with Crippen LogP contribution in [0.3, 0.4) is 0 Å². The number of nitrogens with one attached hydrogen (secondary N) is 1. The van der Waals surface area contributed by atoms with Gasteiger partial charge in [0.1, 0.15) is 23.6 Å². The van der Waals surface area contributed by atoms with Crippen molar-refractivity contribution in [1.82, 2.24) is 4.90 Å². The molecule has 2 amide bonds. The standard InChI is InChI=1S/C16H17F2N3O4/c17-9-5-10(18)7-11(6-9)19-15(22)13-3-1-2-4-20(13)16(23)12-8-14(12)21(24)25/h5-7,12-14H,1-4,8H2,(H,19,22)/t12-,13+,14+/m1/s1. The van der Waals surface area contributed by atoms with Crippen LogP contribution in [0.2, 0.25) is 0 Å². The smallest absolute Gasteiger partial charge is 0.247 e. The average molecular weight is 353 g/mol. The van der Waals surface area contributed by atoms with Crippen LogP contribution >= 0.6 is 0 Å². The number of halogens is 2. The molecular weight excluding hydrogens is 336 g/mol. The lowest BCUT2D eigenvalue weighted by atomic mass is 10.0. The van der Waals surface area contributed by atoms with Crippen molar-refractivity contribution in [2.75, 3.05) is 11.9 Å². The van der Waals surface area contributed by atoms with Crippen molar-refractivity contribution < 1.29 is 23.3 Å². The third-order valence-electron chi connectivity index (χ3n) is 4.56. The number of piperidine rings is 1. The maximum atomic E-state index is 13.2. The van der Waals surface area contributed by atoms with E-state index in [0.29, 0.717) is 25.5 Å². The summed E-state index contributed by atoms with van der Waals surface area (Å²) in [5.74, 6) is -3.27. The second-order valence-electron chi connectivity index (χ2n) is 6.39. The van der Waals surface area contributed by atoms with Crippen LogP contribution in [0, 0.1) is 27.7 Å². The van der Waals surface area contributed by atoms with E-state index in [1.807, 2.05) is 0 Å². The van der Waals surface area contributed by atoms with Gasteiger partial charge in [-0.1, -0.05) is 0 Å². The number of hydrogen-bond acceptors (Lipinski definition) is 4. The second kappa shape index (κ2) is 6.73. The first-order chi connectivity index (χ1) is 11.9. The van der Waals surface area contributed by atoms with Crippen LogP contribution in [0.5, 0.6) is 0 Å². The Balaban J connectivity index is 1.71. The fourth-order valence-electron chi connectivity index (χ4n) is 3.21. The Morgan fingerprint density at radius 2 is 1.88 bits per heavy atom. The third kappa shape index (κ3) is 3.75. The highest BCUT2D eigenvalue weighted by Gasteiger charge is 2.55. The van der Waals surface area contributed by atoms with E-state index in [1.165, 1.54) is 4.90 Å². The van der Waals surface area contributed by atoms with E-state index in [2.05, 4.69) is 5.32 Å². The number of amides is 2. The Labute approximate surface area is 142 Å². The van der Waals surface area contributed by atoms with E-state index in [0.717, 1.165) is 18.6 Å². The molecule has 2 fully saturated rings. The maximum Gasteiger partial charge on any atom is 0.247 e. The van der Waals surface area contributed by atoms with Gasteiger partial charge < -0.3 is 10.2 Å². The lowest BCUT2D eigenvalue weighted by Crippen LogP contribution is -2.51. The van der Waals surface area contributed by atoms with Gasteiger partial charge in [0.15, 0.2) is 0 Å². The summed E-state index contributed by atoms with van der Waals surface area (Å²) in [7, 11) is 0. The lowest BCUT2D eigenvalue weighted by Gasteiger charge is -2.34. The molecule has 7 nitrogen and oxygen atoms in total. The number of anilines is 1. The van der Waals surface area contributed by atoms with Crippen molar-refractivity contribution in [3.05, 3.63) is 39.9 Å². The highest BCUT2D eigenvalue weighted by atomic mass is 19.1. The maximum absolute atomic E-state index is 13.2. The number of likely N-dealkylation sites (tertiary alicyclic amines) is 1. The molecule has 1 aliphatic carbocycles. The quantitative estimate of drug-likeness (QED) is 0.661. The van der Waals surface area contributed by atoms with Crippen molar-refractivity contribution >= 4 is 17.5 Å². The Hall–Kier alpha value is -2.58. The van der Waals surface area contributed by atoms with Crippen LogP contribution in [0.4, 0.5) is 14.5 Å². The van der Waals surface area contributed by atoms with Crippen LogP contribution in [0.15, 0.2) is 18.2 Å². The summed E-state index contributed by atoms with van der Waals surface area (Å²) in [5, 5.41) is 13.2. The van der Waals surface area contributed by atoms with Crippen LogP contribution in [-0.2, 0) is 9.59 Å². The number of carbonyl (C=O) groups is 2. The fourth-order valence-corrected chi connectivity index (χ4v) is 3.21. The van der Waals surface area contributed by atoms with Crippen molar-refractivity contribution in [3.8, 4) is 0 Å². The lowest BCUT2D eigenvalue weighted by molar-refractivity contribution is -0.497. The predicted octanol–water partition coefficient (Wildman–Crippen LogP) is 1.95. The molecule has 3 rings (SSSR count). The van der Waals surface area contributed by atoms with Gasteiger partial charge in [-0.05, 0) is 31.4 Å². The highest BCUT2D eigenvalue weighted by molar-refractivity contribution is 5.98. The zero-order valence-corrected chi connectivity index (χ0v) is 13.3. The van der Waals surface area contributed by atoms with Gasteiger partial charge in [0.25, 0.3) is 0 Å². The summed E-state index contributed by atoms with van der Waals surface area (Å²) in [5.41, 5.74) is -0.0323. The summed E-state index contributed by atoms with van der Waals surface area (Å²) in [6.45, 7) is 0.343. The number of nitro groups is 1. The Morgan fingerprint density at radius 1 is 1.20 bits per heavy atom. The number of benzene rings is 1. The Bertz CT molecular complexity index is 707. The first-order valence-corrected chi connectivity index (χ1v) is 8.08. The van der Waals surface area contributed by atoms with Gasteiger partial charge in [0.05, 0.1) is 0 Å². The van der Waals surface area contributed by atoms with Crippen molar-refractivity contribution in [2.45, 2.75) is 37.8 Å². The van der Waals surface area contributed by atoms with Gasteiger partial charge in [0.2, 0.25) is 17.9 Å². The molecule has 1 aromatic carbocycles. The molecule has 0 bridgehead atoms. The molecule has 1 saturated heterocycles. The SMILES string of the molecule is O=C(Nc1cc(F)cc(F)c1)[C@@H]1CCCCN1C(=O)[C@@H]1C[C@@H]1[N+](=O)[O-]. The fraction of sp³-hybridized carbons (Fsp3) is 0.500. The van der Waals surface area contributed by atoms with Gasteiger partial charge in [-0.15, -0.1) is 0 Å². The first kappa shape index (κ1) is 17.2. The zero-order valence-electron chi connectivity index (χ0n) is 13.3. The molecule has 3 atom stereocenters. The van der Waals surface area contributed by atoms with Crippen molar-refractivity contribution in [2.24, 2.45) is 5.92 Å². The minimum Gasteiger partial charge on any atom is -0.330 e. The molecule has 1 saturated carbocycles. The van der Waals surface area contributed by atoms with E-state index in [1.54, 1.807) is 0 Å². The van der Waals surface area contributed by atoms with Gasteiger partial charge in [-0.25, -0.2) is 8.78 Å². The number of rotatable bonds is 4. The summed E-state index contributed by atoms with van der Waals surface area (Å²) in [4.78, 5) is 36.6. The van der Waals surface area contributed by atoms with Crippen LogP contribution in [0.1, 0.15) is 25.7 Å². The Kier molecular flexibility index (Phi) is 4.65. The highest BCUT2D eigenvalue weighted by Crippen LogP contribution is 2.36. The molecule has 0 radical (unpaired) electrons. The van der Waals surface area contributed by atoms with E-state index >= 15 is 0 Å². The van der Waals surface area contributed by atoms with Crippen LogP contribution in [0.25, 0.3) is 0 Å². The molecule has 2 aliphatic rings. The summed E-state index contributed by atoms with van der Waals surface area (Å²) in [6.07, 6.45) is 2.03.